The number of pyridine rings is 2. The van der Waals surface area contributed by atoms with Crippen molar-refractivity contribution in [3.05, 3.63) is 61.1 Å². The lowest BCUT2D eigenvalue weighted by atomic mass is 9.92. The number of likely N-dealkylation sites (tertiary alicyclic amines) is 1. The third-order valence-corrected chi connectivity index (χ3v) is 8.01. The molecule has 0 amide bonds. The largest absolute Gasteiger partial charge is 0.305 e. The van der Waals surface area contributed by atoms with Crippen molar-refractivity contribution < 1.29 is 0 Å². The van der Waals surface area contributed by atoms with Gasteiger partial charge in [0.25, 0.3) is 5.56 Å². The Kier molecular flexibility index (Phi) is 6.28. The van der Waals surface area contributed by atoms with E-state index in [0.717, 1.165) is 43.1 Å². The summed E-state index contributed by atoms with van der Waals surface area (Å²) in [6, 6.07) is 9.65. The second-order valence-electron chi connectivity index (χ2n) is 7.72. The summed E-state index contributed by atoms with van der Waals surface area (Å²) in [5.74, 6) is 0.821. The van der Waals surface area contributed by atoms with Crippen LogP contribution < -0.4 is 5.56 Å². The Morgan fingerprint density at radius 3 is 2.79 bits per heavy atom. The highest BCUT2D eigenvalue weighted by molar-refractivity contribution is 9.11. The lowest BCUT2D eigenvalue weighted by Gasteiger charge is -2.32. The predicted octanol–water partition coefficient (Wildman–Crippen LogP) is 4.87. The van der Waals surface area contributed by atoms with Crippen molar-refractivity contribution >= 4 is 38.3 Å². The summed E-state index contributed by atoms with van der Waals surface area (Å²) in [6.45, 7) is 6.10. The highest BCUT2D eigenvalue weighted by atomic mass is 79.9. The molecule has 4 nitrogen and oxygen atoms in total. The Bertz CT molecular complexity index is 985. The average Bonchev–Trinajstić information content (AvgIpc) is 3.04. The lowest BCUT2D eigenvalue weighted by molar-refractivity contribution is 0.174. The summed E-state index contributed by atoms with van der Waals surface area (Å²) in [7, 11) is 0. The third kappa shape index (κ3) is 4.56. The van der Waals surface area contributed by atoms with E-state index in [1.165, 1.54) is 39.9 Å². The van der Waals surface area contributed by atoms with Gasteiger partial charge in [-0.2, -0.15) is 0 Å². The quantitative estimate of drug-likeness (QED) is 0.527. The number of rotatable bonds is 6. The number of nitrogens with zero attached hydrogens (tertiary/aromatic N) is 3. The molecule has 0 unspecified atom stereocenters. The molecule has 3 aromatic heterocycles. The number of hydrogen-bond acceptors (Lipinski definition) is 4. The second kappa shape index (κ2) is 8.89. The van der Waals surface area contributed by atoms with Gasteiger partial charge in [-0.25, -0.2) is 0 Å². The van der Waals surface area contributed by atoms with Gasteiger partial charge in [-0.05, 0) is 97.4 Å². The summed E-state index contributed by atoms with van der Waals surface area (Å²) < 4.78 is 3.14. The van der Waals surface area contributed by atoms with Gasteiger partial charge in [-0.3, -0.25) is 9.78 Å². The molecule has 4 rings (SSSR count). The molecule has 0 aliphatic carbocycles. The van der Waals surface area contributed by atoms with Crippen LogP contribution in [0.3, 0.4) is 0 Å². The van der Waals surface area contributed by atoms with Gasteiger partial charge >= 0.3 is 0 Å². The molecule has 0 atom stereocenters. The minimum atomic E-state index is 0.0628. The van der Waals surface area contributed by atoms with Gasteiger partial charge in [-0.1, -0.05) is 0 Å². The zero-order valence-electron chi connectivity index (χ0n) is 16.2. The van der Waals surface area contributed by atoms with E-state index in [2.05, 4.69) is 38.8 Å². The van der Waals surface area contributed by atoms with Crippen LogP contribution in [-0.4, -0.2) is 34.1 Å². The van der Waals surface area contributed by atoms with Crippen LogP contribution >= 0.6 is 27.3 Å². The number of hydrogen-bond donors (Lipinski definition) is 0. The molecule has 1 fully saturated rings. The summed E-state index contributed by atoms with van der Waals surface area (Å²) in [6.07, 6.45) is 6.78. The van der Waals surface area contributed by atoms with E-state index in [0.29, 0.717) is 0 Å². The lowest BCUT2D eigenvalue weighted by Crippen LogP contribution is -2.37. The molecule has 28 heavy (non-hydrogen) atoms. The molecule has 1 saturated heterocycles. The van der Waals surface area contributed by atoms with E-state index < -0.39 is 0 Å². The fourth-order valence-corrected chi connectivity index (χ4v) is 5.73. The number of fused-ring (bicyclic) bond motifs is 1. The van der Waals surface area contributed by atoms with Crippen LogP contribution in [0.1, 0.15) is 29.7 Å². The summed E-state index contributed by atoms with van der Waals surface area (Å²) in [5, 5.41) is 0. The van der Waals surface area contributed by atoms with E-state index in [4.69, 9.17) is 0 Å². The van der Waals surface area contributed by atoms with E-state index in [9.17, 15) is 4.79 Å². The fourth-order valence-electron chi connectivity index (χ4n) is 4.09. The van der Waals surface area contributed by atoms with Crippen LogP contribution in [0.2, 0.25) is 0 Å². The molecule has 0 aromatic carbocycles. The molecule has 4 heterocycles. The molecule has 148 valence electrons. The van der Waals surface area contributed by atoms with Crippen molar-refractivity contribution in [3.63, 3.8) is 0 Å². The number of piperidine rings is 1. The maximum atomic E-state index is 12.3. The molecule has 1 aliphatic rings. The smallest absolute Gasteiger partial charge is 0.251 e. The molecule has 0 spiro atoms. The number of aryl methyl sites for hydroxylation is 2. The number of thiophene rings is 1. The van der Waals surface area contributed by atoms with Gasteiger partial charge in [0.05, 0.1) is 14.8 Å². The van der Waals surface area contributed by atoms with Gasteiger partial charge < -0.3 is 9.47 Å². The molecular formula is C22H26BrN3OS. The second-order valence-corrected chi connectivity index (χ2v) is 10.2. The molecule has 3 aromatic rings. The first kappa shape index (κ1) is 19.8. The molecule has 1 aliphatic heterocycles. The molecule has 0 bridgehead atoms. The Morgan fingerprint density at radius 1 is 1.21 bits per heavy atom. The van der Waals surface area contributed by atoms with Crippen LogP contribution in [0, 0.1) is 12.8 Å². The van der Waals surface area contributed by atoms with Crippen molar-refractivity contribution in [2.45, 2.75) is 39.2 Å². The highest BCUT2D eigenvalue weighted by Crippen LogP contribution is 2.30. The first-order chi connectivity index (χ1) is 13.6. The Morgan fingerprint density at radius 2 is 2.04 bits per heavy atom. The van der Waals surface area contributed by atoms with Gasteiger partial charge in [-0.15, -0.1) is 11.3 Å². The maximum absolute atomic E-state index is 12.3. The van der Waals surface area contributed by atoms with Crippen molar-refractivity contribution in [2.75, 3.05) is 19.6 Å². The monoisotopic (exact) mass is 459 g/mol. The van der Waals surface area contributed by atoms with Gasteiger partial charge in [0.15, 0.2) is 0 Å². The SMILES string of the molecule is Cc1cc(CCC2CCN(CCn3c(=O)ccc4ncccc43)CC2)sc1Br. The van der Waals surface area contributed by atoms with Gasteiger partial charge in [0, 0.05) is 30.2 Å². The highest BCUT2D eigenvalue weighted by Gasteiger charge is 2.19. The van der Waals surface area contributed by atoms with Crippen molar-refractivity contribution in [1.82, 2.24) is 14.5 Å². The fraction of sp³-hybridized carbons (Fsp3) is 0.455. The van der Waals surface area contributed by atoms with Crippen LogP contribution in [-0.2, 0) is 13.0 Å². The zero-order chi connectivity index (χ0) is 19.5. The third-order valence-electron chi connectivity index (χ3n) is 5.81. The zero-order valence-corrected chi connectivity index (χ0v) is 18.6. The summed E-state index contributed by atoms with van der Waals surface area (Å²) in [4.78, 5) is 20.7. The van der Waals surface area contributed by atoms with Gasteiger partial charge in [0.1, 0.15) is 0 Å². The molecular weight excluding hydrogens is 434 g/mol. The Labute approximate surface area is 178 Å². The normalized spacial score (nSPS) is 16.1. The average molecular weight is 460 g/mol. The summed E-state index contributed by atoms with van der Waals surface area (Å²) in [5.41, 5.74) is 3.24. The van der Waals surface area contributed by atoms with Gasteiger partial charge in [0.2, 0.25) is 0 Å². The summed E-state index contributed by atoms with van der Waals surface area (Å²) >= 11 is 5.51. The molecule has 0 saturated carbocycles. The van der Waals surface area contributed by atoms with Crippen LogP contribution in [0.15, 0.2) is 45.1 Å². The number of aromatic nitrogens is 2. The maximum Gasteiger partial charge on any atom is 0.251 e. The van der Waals surface area contributed by atoms with Crippen LogP contribution in [0.4, 0.5) is 0 Å². The molecule has 6 heteroatoms. The van der Waals surface area contributed by atoms with Crippen molar-refractivity contribution in [2.24, 2.45) is 5.92 Å². The van der Waals surface area contributed by atoms with E-state index in [1.54, 1.807) is 12.3 Å². The van der Waals surface area contributed by atoms with E-state index >= 15 is 0 Å². The Balaban J connectivity index is 1.28. The van der Waals surface area contributed by atoms with E-state index in [1.807, 2.05) is 34.1 Å². The van der Waals surface area contributed by atoms with Crippen LogP contribution in [0.5, 0.6) is 0 Å². The molecule has 0 N–H and O–H groups in total. The number of halogens is 1. The van der Waals surface area contributed by atoms with Crippen molar-refractivity contribution in [1.29, 1.82) is 0 Å². The molecule has 0 radical (unpaired) electrons. The van der Waals surface area contributed by atoms with E-state index in [-0.39, 0.29) is 5.56 Å². The standard InChI is InChI=1S/C22H26BrN3OS/c1-16-15-18(28-22(16)23)5-4-17-8-11-25(12-9-17)13-14-26-20-3-2-10-24-19(20)6-7-21(26)27/h2-3,6-7,10,15,17H,4-5,8-9,11-14H2,1H3. The predicted molar refractivity (Wildman–Crippen MR) is 120 cm³/mol. The topological polar surface area (TPSA) is 38.1 Å². The minimum Gasteiger partial charge on any atom is -0.305 e. The Hall–Kier alpha value is -1.50. The van der Waals surface area contributed by atoms with Crippen molar-refractivity contribution in [3.8, 4) is 0 Å². The van der Waals surface area contributed by atoms with Crippen LogP contribution in [0.25, 0.3) is 11.0 Å². The minimum absolute atomic E-state index is 0.0628. The first-order valence-electron chi connectivity index (χ1n) is 10.0. The first-order valence-corrected chi connectivity index (χ1v) is 11.6.